The Labute approximate surface area is 154 Å². The number of hydrogen-bond donors (Lipinski definition) is 1. The third-order valence-corrected chi connectivity index (χ3v) is 4.41. The number of nitrogens with one attached hydrogen (secondary N) is 1. The summed E-state index contributed by atoms with van der Waals surface area (Å²) in [5.41, 5.74) is 0. The number of hydrogen-bond acceptors (Lipinski definition) is 4. The van der Waals surface area contributed by atoms with E-state index >= 15 is 0 Å². The molecule has 0 aromatic carbocycles. The molecule has 1 aromatic heterocycles. The number of aryl methyl sites for hydroxylation is 1. The second kappa shape index (κ2) is 10.4. The first-order chi connectivity index (χ1) is 10.2. The normalized spacial score (nSPS) is 16.5. The van der Waals surface area contributed by atoms with Gasteiger partial charge in [-0.1, -0.05) is 0 Å². The van der Waals surface area contributed by atoms with E-state index in [0.29, 0.717) is 12.6 Å². The molecule has 0 radical (unpaired) electrons. The molecular weight excluding hydrogens is 411 g/mol. The summed E-state index contributed by atoms with van der Waals surface area (Å²) in [5, 5.41) is 4.46. The van der Waals surface area contributed by atoms with Crippen LogP contribution in [-0.2, 0) is 11.3 Å². The first kappa shape index (κ1) is 19.6. The summed E-state index contributed by atoms with van der Waals surface area (Å²) >= 11 is 1.72. The van der Waals surface area contributed by atoms with Crippen molar-refractivity contribution in [2.75, 3.05) is 26.2 Å². The van der Waals surface area contributed by atoms with E-state index in [1.807, 2.05) is 6.20 Å². The lowest BCUT2D eigenvalue weighted by Gasteiger charge is -2.34. The van der Waals surface area contributed by atoms with Gasteiger partial charge in [0.05, 0.1) is 12.6 Å². The van der Waals surface area contributed by atoms with Gasteiger partial charge in [-0.25, -0.2) is 9.98 Å². The quantitative estimate of drug-likeness (QED) is 0.436. The molecule has 0 spiro atoms. The van der Waals surface area contributed by atoms with Gasteiger partial charge in [-0.15, -0.1) is 35.3 Å². The summed E-state index contributed by atoms with van der Waals surface area (Å²) in [6.45, 7) is 10.6. The first-order valence-corrected chi connectivity index (χ1v) is 8.60. The molecule has 0 bridgehead atoms. The van der Waals surface area contributed by atoms with Crippen molar-refractivity contribution >= 4 is 41.3 Å². The van der Waals surface area contributed by atoms with Crippen molar-refractivity contribution < 1.29 is 4.74 Å². The van der Waals surface area contributed by atoms with Gasteiger partial charge in [0.25, 0.3) is 0 Å². The third-order valence-electron chi connectivity index (χ3n) is 3.51. The van der Waals surface area contributed by atoms with Gasteiger partial charge in [0.15, 0.2) is 5.96 Å². The Bertz CT molecular complexity index is 458. The monoisotopic (exact) mass is 438 g/mol. The number of halogens is 1. The van der Waals surface area contributed by atoms with Crippen molar-refractivity contribution in [3.63, 3.8) is 0 Å². The zero-order chi connectivity index (χ0) is 15.1. The fraction of sp³-hybridized carbons (Fsp3) is 0.733. The molecule has 1 aliphatic heterocycles. The fourth-order valence-corrected chi connectivity index (χ4v) is 3.22. The average Bonchev–Trinajstić information content (AvgIpc) is 2.90. The Morgan fingerprint density at radius 1 is 1.45 bits per heavy atom. The van der Waals surface area contributed by atoms with Crippen molar-refractivity contribution in [3.05, 3.63) is 16.1 Å². The van der Waals surface area contributed by atoms with E-state index in [9.17, 15) is 0 Å². The van der Waals surface area contributed by atoms with E-state index in [-0.39, 0.29) is 24.0 Å². The molecule has 1 fully saturated rings. The standard InChI is InChI=1S/C15H26N4OS.HI/c1-4-16-15(18-11-14-17-10-12(3)21-14)19-8-6-13(7-9-19)20-5-2;/h10,13H,4-9,11H2,1-3H3,(H,16,18);1H. The molecule has 1 saturated heterocycles. The van der Waals surface area contributed by atoms with Crippen LogP contribution in [0.5, 0.6) is 0 Å². The highest BCUT2D eigenvalue weighted by Gasteiger charge is 2.21. The molecule has 0 atom stereocenters. The summed E-state index contributed by atoms with van der Waals surface area (Å²) < 4.78 is 5.71. The number of guanidine groups is 1. The second-order valence-electron chi connectivity index (χ2n) is 5.18. The van der Waals surface area contributed by atoms with Gasteiger partial charge < -0.3 is 15.0 Å². The zero-order valence-corrected chi connectivity index (χ0v) is 16.8. The summed E-state index contributed by atoms with van der Waals surface area (Å²) in [7, 11) is 0. The van der Waals surface area contributed by atoms with E-state index in [0.717, 1.165) is 50.0 Å². The van der Waals surface area contributed by atoms with E-state index < -0.39 is 0 Å². The summed E-state index contributed by atoms with van der Waals surface area (Å²) in [5.74, 6) is 1.00. The minimum Gasteiger partial charge on any atom is -0.378 e. The van der Waals surface area contributed by atoms with E-state index in [1.165, 1.54) is 4.88 Å². The molecule has 1 N–H and O–H groups in total. The van der Waals surface area contributed by atoms with Crippen LogP contribution in [-0.4, -0.2) is 48.2 Å². The molecule has 2 rings (SSSR count). The third kappa shape index (κ3) is 6.00. The molecule has 5 nitrogen and oxygen atoms in total. The number of aromatic nitrogens is 1. The SMILES string of the molecule is CCNC(=NCc1ncc(C)s1)N1CCC(OCC)CC1.I. The average molecular weight is 438 g/mol. The van der Waals surface area contributed by atoms with Crippen LogP contribution in [0, 0.1) is 6.92 Å². The van der Waals surface area contributed by atoms with Crippen LogP contribution in [0.2, 0.25) is 0 Å². The molecule has 0 saturated carbocycles. The zero-order valence-electron chi connectivity index (χ0n) is 13.7. The predicted molar refractivity (Wildman–Crippen MR) is 103 cm³/mol. The minimum atomic E-state index is 0. The van der Waals surface area contributed by atoms with E-state index in [4.69, 9.17) is 9.73 Å². The largest absolute Gasteiger partial charge is 0.378 e. The summed E-state index contributed by atoms with van der Waals surface area (Å²) in [4.78, 5) is 12.7. The van der Waals surface area contributed by atoms with Crippen molar-refractivity contribution in [3.8, 4) is 0 Å². The van der Waals surface area contributed by atoms with Gasteiger partial charge in [0.1, 0.15) is 5.01 Å². The maximum atomic E-state index is 5.71. The van der Waals surface area contributed by atoms with Crippen molar-refractivity contribution in [1.82, 2.24) is 15.2 Å². The molecule has 0 unspecified atom stereocenters. The topological polar surface area (TPSA) is 49.8 Å². The lowest BCUT2D eigenvalue weighted by atomic mass is 10.1. The van der Waals surface area contributed by atoms with Crippen LogP contribution in [0.25, 0.3) is 0 Å². The highest BCUT2D eigenvalue weighted by atomic mass is 127. The summed E-state index contributed by atoms with van der Waals surface area (Å²) in [6, 6.07) is 0. The van der Waals surface area contributed by atoms with Gasteiger partial charge in [-0.05, 0) is 33.6 Å². The molecule has 7 heteroatoms. The Morgan fingerprint density at radius 2 is 2.18 bits per heavy atom. The molecule has 22 heavy (non-hydrogen) atoms. The van der Waals surface area contributed by atoms with Gasteiger partial charge in [-0.3, -0.25) is 0 Å². The van der Waals surface area contributed by atoms with Gasteiger partial charge >= 0.3 is 0 Å². The molecular formula is C15H27IN4OS. The van der Waals surface area contributed by atoms with Crippen LogP contribution in [0.1, 0.15) is 36.6 Å². The number of nitrogens with zero attached hydrogens (tertiary/aromatic N) is 3. The maximum Gasteiger partial charge on any atom is 0.194 e. The Hall–Kier alpha value is -0.410. The molecule has 1 aliphatic rings. The fourth-order valence-electron chi connectivity index (χ4n) is 2.51. The lowest BCUT2D eigenvalue weighted by Crippen LogP contribution is -2.47. The van der Waals surface area contributed by atoms with Crippen LogP contribution < -0.4 is 5.32 Å². The van der Waals surface area contributed by atoms with Crippen molar-refractivity contribution in [2.45, 2.75) is 46.3 Å². The number of likely N-dealkylation sites (tertiary alicyclic amines) is 1. The molecule has 2 heterocycles. The maximum absolute atomic E-state index is 5.71. The van der Waals surface area contributed by atoms with Gasteiger partial charge in [0, 0.05) is 37.3 Å². The molecule has 1 aromatic rings. The highest BCUT2D eigenvalue weighted by molar-refractivity contribution is 14.0. The molecule has 0 amide bonds. The van der Waals surface area contributed by atoms with Crippen molar-refractivity contribution in [2.24, 2.45) is 4.99 Å². The first-order valence-electron chi connectivity index (χ1n) is 7.79. The Balaban J connectivity index is 0.00000242. The number of ether oxygens (including phenoxy) is 1. The van der Waals surface area contributed by atoms with Gasteiger partial charge in [0.2, 0.25) is 0 Å². The smallest absolute Gasteiger partial charge is 0.194 e. The van der Waals surface area contributed by atoms with E-state index in [2.05, 4.69) is 36.0 Å². The minimum absolute atomic E-state index is 0. The van der Waals surface area contributed by atoms with Crippen LogP contribution in [0.4, 0.5) is 0 Å². The number of piperidine rings is 1. The Morgan fingerprint density at radius 3 is 2.73 bits per heavy atom. The van der Waals surface area contributed by atoms with Crippen LogP contribution in [0.15, 0.2) is 11.2 Å². The molecule has 0 aliphatic carbocycles. The number of thiazole rings is 1. The molecule has 126 valence electrons. The predicted octanol–water partition coefficient (Wildman–Crippen LogP) is 3.04. The van der Waals surface area contributed by atoms with Gasteiger partial charge in [-0.2, -0.15) is 0 Å². The Kier molecular flexibility index (Phi) is 9.27. The van der Waals surface area contributed by atoms with Crippen LogP contribution >= 0.6 is 35.3 Å². The van der Waals surface area contributed by atoms with Crippen molar-refractivity contribution in [1.29, 1.82) is 0 Å². The number of rotatable bonds is 5. The lowest BCUT2D eigenvalue weighted by molar-refractivity contribution is 0.0263. The summed E-state index contributed by atoms with van der Waals surface area (Å²) in [6.07, 6.45) is 4.48. The highest BCUT2D eigenvalue weighted by Crippen LogP contribution is 2.15. The second-order valence-corrected chi connectivity index (χ2v) is 6.50. The number of aliphatic imine (C=N–C) groups is 1. The van der Waals surface area contributed by atoms with Crippen LogP contribution in [0.3, 0.4) is 0 Å². The van der Waals surface area contributed by atoms with E-state index in [1.54, 1.807) is 11.3 Å².